The Hall–Kier alpha value is -1.77. The third-order valence-corrected chi connectivity index (χ3v) is 6.78. The van der Waals surface area contributed by atoms with Crippen LogP contribution < -0.4 is 10.6 Å². The molecular formula is C22H28F6N2O. The second-order valence-electron chi connectivity index (χ2n) is 9.14. The van der Waals surface area contributed by atoms with Crippen LogP contribution >= 0.6 is 0 Å². The van der Waals surface area contributed by atoms with Crippen molar-refractivity contribution in [3.05, 3.63) is 34.9 Å². The first-order chi connectivity index (χ1) is 14.3. The number of amides is 1. The number of hydrogen-bond donors (Lipinski definition) is 2. The lowest BCUT2D eigenvalue weighted by Crippen LogP contribution is -2.46. The summed E-state index contributed by atoms with van der Waals surface area (Å²) in [5.74, 6) is -0.320. The van der Waals surface area contributed by atoms with Gasteiger partial charge in [0.05, 0.1) is 16.5 Å². The Morgan fingerprint density at radius 2 is 1.58 bits per heavy atom. The van der Waals surface area contributed by atoms with Gasteiger partial charge in [0.15, 0.2) is 0 Å². The van der Waals surface area contributed by atoms with Gasteiger partial charge >= 0.3 is 12.4 Å². The highest BCUT2D eigenvalue weighted by Crippen LogP contribution is 2.45. The number of carbonyl (C=O) groups is 1. The summed E-state index contributed by atoms with van der Waals surface area (Å²) in [6.45, 7) is 3.47. The fraction of sp³-hybridized carbons (Fsp3) is 0.682. The van der Waals surface area contributed by atoms with E-state index < -0.39 is 28.9 Å². The van der Waals surface area contributed by atoms with Gasteiger partial charge in [-0.05, 0) is 61.8 Å². The van der Waals surface area contributed by atoms with Crippen LogP contribution in [0.15, 0.2) is 18.2 Å². The summed E-state index contributed by atoms with van der Waals surface area (Å²) in [5, 5.41) is 6.19. The smallest absolute Gasteiger partial charge is 0.352 e. The zero-order valence-corrected chi connectivity index (χ0v) is 17.6. The van der Waals surface area contributed by atoms with Crippen LogP contribution in [-0.4, -0.2) is 18.0 Å². The van der Waals surface area contributed by atoms with Crippen molar-refractivity contribution in [1.29, 1.82) is 0 Å². The van der Waals surface area contributed by atoms with Crippen LogP contribution in [0.3, 0.4) is 0 Å². The number of benzene rings is 1. The normalized spacial score (nSPS) is 25.0. The Labute approximate surface area is 178 Å². The van der Waals surface area contributed by atoms with Crippen molar-refractivity contribution >= 4 is 5.91 Å². The summed E-state index contributed by atoms with van der Waals surface area (Å²) >= 11 is 0. The molecule has 0 radical (unpaired) electrons. The number of carbonyl (C=O) groups excluding carboxylic acids is 1. The van der Waals surface area contributed by atoms with Crippen molar-refractivity contribution in [3.63, 3.8) is 0 Å². The van der Waals surface area contributed by atoms with E-state index in [-0.39, 0.29) is 36.0 Å². The molecular weight excluding hydrogens is 422 g/mol. The van der Waals surface area contributed by atoms with Crippen LogP contribution in [0, 0.1) is 11.3 Å². The summed E-state index contributed by atoms with van der Waals surface area (Å²) in [6.07, 6.45) is -4.32. The van der Waals surface area contributed by atoms with Crippen molar-refractivity contribution in [2.45, 2.75) is 83.4 Å². The van der Waals surface area contributed by atoms with Gasteiger partial charge in [0, 0.05) is 18.6 Å². The van der Waals surface area contributed by atoms with E-state index in [0.717, 1.165) is 19.3 Å². The van der Waals surface area contributed by atoms with E-state index in [4.69, 9.17) is 0 Å². The quantitative estimate of drug-likeness (QED) is 0.548. The SMILES string of the molecule is CC(C)[C@]1(C(=O)NCc2cc(C(F)(F)F)cc(C(F)(F)F)c2)CC[C@@H](NC2CCC2)C1. The number of hydrogen-bond acceptors (Lipinski definition) is 2. The first-order valence-electron chi connectivity index (χ1n) is 10.6. The van der Waals surface area contributed by atoms with Gasteiger partial charge in [-0.3, -0.25) is 4.79 Å². The third kappa shape index (κ3) is 5.35. The molecule has 174 valence electrons. The van der Waals surface area contributed by atoms with Crippen LogP contribution in [0.1, 0.15) is 69.1 Å². The van der Waals surface area contributed by atoms with Gasteiger partial charge in [-0.1, -0.05) is 20.3 Å². The predicted octanol–water partition coefficient (Wildman–Crippen LogP) is 5.68. The predicted molar refractivity (Wildman–Crippen MR) is 104 cm³/mol. The van der Waals surface area contributed by atoms with Crippen LogP contribution in [0.5, 0.6) is 0 Å². The second kappa shape index (κ2) is 8.64. The molecule has 1 amide bonds. The van der Waals surface area contributed by atoms with Gasteiger partial charge in [-0.2, -0.15) is 26.3 Å². The first-order valence-corrected chi connectivity index (χ1v) is 10.6. The van der Waals surface area contributed by atoms with Crippen molar-refractivity contribution < 1.29 is 31.1 Å². The molecule has 2 aliphatic carbocycles. The van der Waals surface area contributed by atoms with Crippen LogP contribution in [0.2, 0.25) is 0 Å². The van der Waals surface area contributed by atoms with E-state index in [9.17, 15) is 31.1 Å². The lowest BCUT2D eigenvalue weighted by atomic mass is 9.74. The molecule has 31 heavy (non-hydrogen) atoms. The highest BCUT2D eigenvalue weighted by molar-refractivity contribution is 5.83. The van der Waals surface area contributed by atoms with Gasteiger partial charge in [0.1, 0.15) is 0 Å². The van der Waals surface area contributed by atoms with E-state index >= 15 is 0 Å². The van der Waals surface area contributed by atoms with E-state index in [1.165, 1.54) is 6.42 Å². The maximum Gasteiger partial charge on any atom is 0.416 e. The minimum atomic E-state index is -4.91. The van der Waals surface area contributed by atoms with Crippen molar-refractivity contribution in [2.24, 2.45) is 11.3 Å². The molecule has 2 atom stereocenters. The Morgan fingerprint density at radius 3 is 2.03 bits per heavy atom. The molecule has 1 aromatic rings. The average Bonchev–Trinajstić information content (AvgIpc) is 3.07. The lowest BCUT2D eigenvalue weighted by Gasteiger charge is -2.34. The van der Waals surface area contributed by atoms with E-state index in [0.29, 0.717) is 31.0 Å². The summed E-state index contributed by atoms with van der Waals surface area (Å²) in [4.78, 5) is 13.1. The Morgan fingerprint density at radius 1 is 1.00 bits per heavy atom. The standard InChI is InChI=1S/C22H28F6N2O/c1-13(2)20(7-6-18(11-20)30-17-4-3-5-17)19(31)29-12-14-8-15(21(23,24)25)10-16(9-14)22(26,27)28/h8-10,13,17-18,30H,3-7,11-12H2,1-2H3,(H,29,31)/t18-,20+/m1/s1. The number of alkyl halides is 6. The number of nitrogens with one attached hydrogen (secondary N) is 2. The second-order valence-corrected chi connectivity index (χ2v) is 9.14. The van der Waals surface area contributed by atoms with Gasteiger partial charge in [0.2, 0.25) is 5.91 Å². The molecule has 0 bridgehead atoms. The number of halogens is 6. The largest absolute Gasteiger partial charge is 0.416 e. The molecule has 1 aromatic carbocycles. The highest BCUT2D eigenvalue weighted by Gasteiger charge is 2.48. The molecule has 9 heteroatoms. The lowest BCUT2D eigenvalue weighted by molar-refractivity contribution is -0.143. The summed E-state index contributed by atoms with van der Waals surface area (Å²) in [5.41, 5.74) is -3.67. The Bertz CT molecular complexity index is 768. The van der Waals surface area contributed by atoms with Crippen LogP contribution in [0.4, 0.5) is 26.3 Å². The summed E-state index contributed by atoms with van der Waals surface area (Å²) in [6, 6.07) is 2.08. The maximum absolute atomic E-state index is 13.1. The minimum Gasteiger partial charge on any atom is -0.352 e. The fourth-order valence-corrected chi connectivity index (χ4v) is 4.60. The van der Waals surface area contributed by atoms with Gasteiger partial charge in [-0.25, -0.2) is 0 Å². The summed E-state index contributed by atoms with van der Waals surface area (Å²) in [7, 11) is 0. The summed E-state index contributed by atoms with van der Waals surface area (Å²) < 4.78 is 78.4. The van der Waals surface area contributed by atoms with Crippen molar-refractivity contribution in [1.82, 2.24) is 10.6 Å². The zero-order valence-electron chi connectivity index (χ0n) is 17.6. The topological polar surface area (TPSA) is 41.1 Å². The highest BCUT2D eigenvalue weighted by atomic mass is 19.4. The molecule has 0 unspecified atom stereocenters. The molecule has 3 nitrogen and oxygen atoms in total. The third-order valence-electron chi connectivity index (χ3n) is 6.78. The molecule has 2 N–H and O–H groups in total. The number of rotatable bonds is 6. The average molecular weight is 450 g/mol. The van der Waals surface area contributed by atoms with E-state index in [2.05, 4.69) is 10.6 Å². The molecule has 0 heterocycles. The molecule has 0 spiro atoms. The van der Waals surface area contributed by atoms with Gasteiger partial charge < -0.3 is 10.6 Å². The zero-order chi connectivity index (χ0) is 23.0. The molecule has 2 saturated carbocycles. The van der Waals surface area contributed by atoms with Gasteiger partial charge in [0.25, 0.3) is 0 Å². The van der Waals surface area contributed by atoms with E-state index in [1.54, 1.807) is 0 Å². The van der Waals surface area contributed by atoms with Crippen LogP contribution in [-0.2, 0) is 23.7 Å². The Balaban J connectivity index is 1.73. The monoisotopic (exact) mass is 450 g/mol. The molecule has 0 saturated heterocycles. The Kier molecular flexibility index (Phi) is 6.65. The van der Waals surface area contributed by atoms with Crippen LogP contribution in [0.25, 0.3) is 0 Å². The molecule has 3 rings (SSSR count). The first kappa shape index (κ1) is 23.9. The molecule has 2 fully saturated rings. The molecule has 0 aliphatic heterocycles. The van der Waals surface area contributed by atoms with E-state index in [1.807, 2.05) is 13.8 Å². The van der Waals surface area contributed by atoms with Crippen molar-refractivity contribution in [2.75, 3.05) is 0 Å². The molecule has 0 aromatic heterocycles. The van der Waals surface area contributed by atoms with Crippen molar-refractivity contribution in [3.8, 4) is 0 Å². The molecule has 2 aliphatic rings. The minimum absolute atomic E-state index is 0.00654. The fourth-order valence-electron chi connectivity index (χ4n) is 4.60. The maximum atomic E-state index is 13.1. The van der Waals surface area contributed by atoms with Gasteiger partial charge in [-0.15, -0.1) is 0 Å².